The fourth-order valence-electron chi connectivity index (χ4n) is 8.08. The van der Waals surface area contributed by atoms with Crippen molar-refractivity contribution in [2.75, 3.05) is 31.0 Å². The molecular formula is C51H40N6O7S4. The van der Waals surface area contributed by atoms with E-state index in [9.17, 15) is 24.4 Å². The number of thiazole rings is 1. The number of nitriles is 1. The molecule has 7 aromatic rings. The number of benzene rings is 5. The lowest BCUT2D eigenvalue weighted by molar-refractivity contribution is -0.153. The van der Waals surface area contributed by atoms with Gasteiger partial charge in [-0.05, 0) is 52.1 Å². The quantitative estimate of drug-likeness (QED) is 0.0237. The highest BCUT2D eigenvalue weighted by atomic mass is 32.2. The van der Waals surface area contributed by atoms with Crippen molar-refractivity contribution < 1.29 is 28.7 Å². The van der Waals surface area contributed by atoms with E-state index in [1.165, 1.54) is 58.2 Å². The fraction of sp³-hybridized carbons (Fsp3) is 0.157. The van der Waals surface area contributed by atoms with E-state index in [0.717, 1.165) is 21.4 Å². The molecule has 0 spiro atoms. The van der Waals surface area contributed by atoms with Crippen molar-refractivity contribution in [2.24, 2.45) is 5.16 Å². The number of aromatic nitrogens is 1. The summed E-state index contributed by atoms with van der Waals surface area (Å²) in [5.41, 5.74) is 3.06. The zero-order chi connectivity index (χ0) is 47.2. The van der Waals surface area contributed by atoms with E-state index < -0.39 is 34.7 Å². The Morgan fingerprint density at radius 2 is 1.51 bits per heavy atom. The maximum absolute atomic E-state index is 14.2. The number of esters is 1. The lowest BCUT2D eigenvalue weighted by Crippen LogP contribution is -2.71. The van der Waals surface area contributed by atoms with Crippen LogP contribution in [0.15, 0.2) is 170 Å². The molecule has 2 N–H and O–H groups in total. The zero-order valence-corrected chi connectivity index (χ0v) is 39.7. The molecule has 2 atom stereocenters. The van der Waals surface area contributed by atoms with Crippen LogP contribution in [0.2, 0.25) is 0 Å². The second-order valence-electron chi connectivity index (χ2n) is 15.4. The van der Waals surface area contributed by atoms with Crippen molar-refractivity contribution in [3.05, 3.63) is 200 Å². The van der Waals surface area contributed by atoms with Crippen LogP contribution in [0.4, 0.5) is 5.13 Å². The standard InChI is InChI=1S/C51H40N6O7S4/c1-62-36-24-22-31(23-25-36)27-64-48(61)43-32(29-66-49-38(26-52)44(58)37-20-12-13-21-40(37)68-49)28-65-47-42(46(60)57(43)47)54-45(59)41(56-63-2)39-30-67-50(53-39)55-51(33-14-6-3-7-15-33,34-16-8-4-9-17-34)35-18-10-5-11-19-35/h3-25,30,42,47H,27-29H2,1-2H3,(H,53,55)(H,54,59)/b56-41-/t42?,47-/m1/s1. The number of β-lactam (4-membered cyclic amide) rings is 1. The van der Waals surface area contributed by atoms with Crippen LogP contribution in [0.1, 0.15) is 33.5 Å². The molecule has 5 aromatic carbocycles. The lowest BCUT2D eigenvalue weighted by Gasteiger charge is -2.49. The zero-order valence-electron chi connectivity index (χ0n) is 36.4. The summed E-state index contributed by atoms with van der Waals surface area (Å²) in [5.74, 6) is -0.847. The Morgan fingerprint density at radius 3 is 2.13 bits per heavy atom. The Kier molecular flexibility index (Phi) is 13.7. The Hall–Kier alpha value is -7.23. The number of fused-ring (bicyclic) bond motifs is 2. The van der Waals surface area contributed by atoms with E-state index in [1.54, 1.807) is 48.9 Å². The molecule has 68 heavy (non-hydrogen) atoms. The normalized spacial score (nSPS) is 15.8. The second kappa shape index (κ2) is 20.3. The van der Waals surface area contributed by atoms with Gasteiger partial charge in [-0.15, -0.1) is 46.2 Å². The number of nitrogens with one attached hydrogen (secondary N) is 2. The molecule has 2 aliphatic rings. The van der Waals surface area contributed by atoms with Gasteiger partial charge in [0.1, 0.15) is 59.4 Å². The molecule has 2 aliphatic heterocycles. The van der Waals surface area contributed by atoms with Gasteiger partial charge in [-0.25, -0.2) is 9.78 Å². The third-order valence-corrected chi connectivity index (χ3v) is 16.0. The van der Waals surface area contributed by atoms with Gasteiger partial charge in [0.15, 0.2) is 10.8 Å². The van der Waals surface area contributed by atoms with Crippen molar-refractivity contribution in [2.45, 2.75) is 27.8 Å². The van der Waals surface area contributed by atoms with Crippen LogP contribution in [0.25, 0.3) is 10.1 Å². The molecular weight excluding hydrogens is 937 g/mol. The van der Waals surface area contributed by atoms with Crippen molar-refractivity contribution in [1.82, 2.24) is 15.2 Å². The van der Waals surface area contributed by atoms with E-state index >= 15 is 0 Å². The molecule has 0 radical (unpaired) electrons. The van der Waals surface area contributed by atoms with E-state index in [4.69, 9.17) is 19.3 Å². The van der Waals surface area contributed by atoms with Gasteiger partial charge in [-0.1, -0.05) is 120 Å². The minimum absolute atomic E-state index is 0.0199. The number of anilines is 1. The highest BCUT2D eigenvalue weighted by molar-refractivity contribution is 8.02. The third-order valence-electron chi connectivity index (χ3n) is 11.4. The summed E-state index contributed by atoms with van der Waals surface area (Å²) < 4.78 is 12.3. The van der Waals surface area contributed by atoms with Gasteiger partial charge >= 0.3 is 5.97 Å². The molecule has 9 rings (SSSR count). The number of rotatable bonds is 16. The number of hydrogen-bond donors (Lipinski definition) is 2. The molecule has 340 valence electrons. The average molecular weight is 977 g/mol. The van der Waals surface area contributed by atoms with E-state index in [1.807, 2.05) is 66.7 Å². The van der Waals surface area contributed by atoms with Crippen LogP contribution in [0.5, 0.6) is 5.75 Å². The molecule has 1 unspecified atom stereocenters. The summed E-state index contributed by atoms with van der Waals surface area (Å²) in [6.07, 6.45) is 0. The van der Waals surface area contributed by atoms with Crippen LogP contribution in [0, 0.1) is 11.3 Å². The van der Waals surface area contributed by atoms with Gasteiger partial charge in [0, 0.05) is 27.0 Å². The largest absolute Gasteiger partial charge is 0.497 e. The number of nitrogens with zero attached hydrogens (tertiary/aromatic N) is 4. The molecule has 4 heterocycles. The van der Waals surface area contributed by atoms with Crippen molar-refractivity contribution in [3.8, 4) is 11.8 Å². The summed E-state index contributed by atoms with van der Waals surface area (Å²) in [6, 6.07) is 45.3. The summed E-state index contributed by atoms with van der Waals surface area (Å²) in [6.45, 7) is -0.0812. The molecule has 13 nitrogen and oxygen atoms in total. The number of amides is 2. The van der Waals surface area contributed by atoms with E-state index in [2.05, 4.69) is 58.3 Å². The monoisotopic (exact) mass is 976 g/mol. The highest BCUT2D eigenvalue weighted by Crippen LogP contribution is 2.44. The Morgan fingerprint density at radius 1 is 0.882 bits per heavy atom. The van der Waals surface area contributed by atoms with Crippen LogP contribution < -0.4 is 20.8 Å². The maximum Gasteiger partial charge on any atom is 0.355 e. The molecule has 0 bridgehead atoms. The molecule has 2 amide bonds. The summed E-state index contributed by atoms with van der Waals surface area (Å²) in [7, 11) is 2.88. The number of hydrogen-bond acceptors (Lipinski definition) is 15. The minimum atomic E-state index is -1.04. The smallest absolute Gasteiger partial charge is 0.355 e. The van der Waals surface area contributed by atoms with Gasteiger partial charge in [0.05, 0.1) is 11.3 Å². The molecule has 17 heteroatoms. The molecule has 0 aliphatic carbocycles. The maximum atomic E-state index is 14.2. The Balaban J connectivity index is 0.975. The van der Waals surface area contributed by atoms with Crippen molar-refractivity contribution in [1.29, 1.82) is 5.26 Å². The Labute approximate surface area is 407 Å². The highest BCUT2D eigenvalue weighted by Gasteiger charge is 2.55. The number of carbonyl (C=O) groups is 3. The first kappa shape index (κ1) is 45.9. The van der Waals surface area contributed by atoms with Gasteiger partial charge in [-0.3, -0.25) is 19.3 Å². The van der Waals surface area contributed by atoms with Crippen LogP contribution in [-0.4, -0.2) is 70.5 Å². The molecule has 1 fully saturated rings. The first-order chi connectivity index (χ1) is 33.2. The summed E-state index contributed by atoms with van der Waals surface area (Å²) >= 11 is 5.22. The van der Waals surface area contributed by atoms with Crippen LogP contribution >= 0.6 is 46.2 Å². The predicted octanol–water partition coefficient (Wildman–Crippen LogP) is 8.54. The summed E-state index contributed by atoms with van der Waals surface area (Å²) in [4.78, 5) is 67.3. The number of methoxy groups -OCH3 is 1. The van der Waals surface area contributed by atoms with E-state index in [0.29, 0.717) is 31.6 Å². The number of thioether (sulfide) groups is 2. The SMILES string of the molecule is CO/N=C(\C(=O)NC1C(=O)N2C(C(=O)OCc3ccc(OC)cc3)=C(CSc3sc4ccccc4c(=O)c3C#N)CS[C@H]12)c1csc(NC(c2ccccc2)(c2ccccc2)c2ccccc2)n1. The number of carbonyl (C=O) groups excluding carboxylic acids is 3. The van der Waals surface area contributed by atoms with Crippen LogP contribution in [0.3, 0.4) is 0 Å². The third kappa shape index (κ3) is 8.98. The topological polar surface area (TPSA) is 172 Å². The Bertz CT molecular complexity index is 3080. The molecule has 2 aromatic heterocycles. The first-order valence-corrected chi connectivity index (χ1v) is 24.8. The fourth-order valence-corrected chi connectivity index (χ4v) is 12.7. The first-order valence-electron chi connectivity index (χ1n) is 21.1. The molecule has 1 saturated heterocycles. The van der Waals surface area contributed by atoms with Crippen LogP contribution in [-0.2, 0) is 36.1 Å². The minimum Gasteiger partial charge on any atom is -0.497 e. The second-order valence-corrected chi connectivity index (χ2v) is 19.6. The van der Waals surface area contributed by atoms with Gasteiger partial charge in [0.2, 0.25) is 5.43 Å². The number of oxime groups is 1. The average Bonchev–Trinajstić information content (AvgIpc) is 3.85. The predicted molar refractivity (Wildman–Crippen MR) is 267 cm³/mol. The summed E-state index contributed by atoms with van der Waals surface area (Å²) in [5, 5.41) is 22.6. The van der Waals surface area contributed by atoms with E-state index in [-0.39, 0.29) is 46.2 Å². The van der Waals surface area contributed by atoms with Gasteiger partial charge in [0.25, 0.3) is 11.8 Å². The van der Waals surface area contributed by atoms with Crippen molar-refractivity contribution >= 4 is 84.9 Å². The van der Waals surface area contributed by atoms with Gasteiger partial charge in [-0.2, -0.15) is 5.26 Å². The van der Waals surface area contributed by atoms with Crippen molar-refractivity contribution in [3.63, 3.8) is 0 Å². The lowest BCUT2D eigenvalue weighted by atomic mass is 9.77. The molecule has 0 saturated carbocycles. The number of ether oxygens (including phenoxy) is 2. The van der Waals surface area contributed by atoms with Gasteiger partial charge < -0.3 is 24.9 Å².